The Morgan fingerprint density at radius 3 is 2.19 bits per heavy atom. The fourth-order valence-electron chi connectivity index (χ4n) is 3.97. The quantitative estimate of drug-likeness (QED) is 0.865. The van der Waals surface area contributed by atoms with Crippen LogP contribution < -0.4 is 0 Å². The van der Waals surface area contributed by atoms with E-state index in [-0.39, 0.29) is 5.54 Å². The van der Waals surface area contributed by atoms with E-state index in [0.717, 1.165) is 50.3 Å². The van der Waals surface area contributed by atoms with Crippen LogP contribution in [0, 0.1) is 5.41 Å². The van der Waals surface area contributed by atoms with Crippen LogP contribution in [0.25, 0.3) is 0 Å². The van der Waals surface area contributed by atoms with Crippen LogP contribution in [-0.4, -0.2) is 54.3 Å². The average Bonchev–Trinajstić information content (AvgIpc) is 2.56. The molecule has 3 nitrogen and oxygen atoms in total. The molecule has 0 amide bonds. The van der Waals surface area contributed by atoms with Crippen LogP contribution in [-0.2, 0) is 0 Å². The van der Waals surface area contributed by atoms with Crippen molar-refractivity contribution in [1.29, 1.82) is 5.41 Å². The minimum atomic E-state index is -0.0130. The standard InChI is InChI=1S/C18H27N3/c1-20-12-14-21(15-13-20)18(10-6-3-7-11-18)17(19)16-8-4-2-5-9-16/h2,4-5,8-9,19H,3,6-7,10-15H2,1H3. The smallest absolute Gasteiger partial charge is 0.0633 e. The summed E-state index contributed by atoms with van der Waals surface area (Å²) in [6.07, 6.45) is 6.18. The van der Waals surface area contributed by atoms with Gasteiger partial charge >= 0.3 is 0 Å². The Balaban J connectivity index is 1.88. The summed E-state index contributed by atoms with van der Waals surface area (Å²) in [5.41, 5.74) is 1.95. The Kier molecular flexibility index (Phi) is 4.41. The zero-order valence-electron chi connectivity index (χ0n) is 13.1. The van der Waals surface area contributed by atoms with E-state index in [0.29, 0.717) is 0 Å². The molecule has 0 aromatic heterocycles. The van der Waals surface area contributed by atoms with Gasteiger partial charge in [0.15, 0.2) is 0 Å². The van der Waals surface area contributed by atoms with Crippen molar-refractivity contribution in [2.24, 2.45) is 0 Å². The van der Waals surface area contributed by atoms with Crippen molar-refractivity contribution in [2.75, 3.05) is 33.2 Å². The van der Waals surface area contributed by atoms with E-state index in [1.54, 1.807) is 0 Å². The molecular formula is C18H27N3. The van der Waals surface area contributed by atoms with Crippen LogP contribution in [0.4, 0.5) is 0 Å². The van der Waals surface area contributed by atoms with E-state index in [1.807, 2.05) is 6.07 Å². The molecule has 3 heteroatoms. The highest BCUT2D eigenvalue weighted by atomic mass is 15.3. The van der Waals surface area contributed by atoms with Crippen LogP contribution in [0.2, 0.25) is 0 Å². The molecular weight excluding hydrogens is 258 g/mol. The van der Waals surface area contributed by atoms with Gasteiger partial charge in [0, 0.05) is 26.2 Å². The third kappa shape index (κ3) is 2.90. The lowest BCUT2D eigenvalue weighted by atomic mass is 9.74. The highest BCUT2D eigenvalue weighted by Gasteiger charge is 2.42. The molecule has 0 atom stereocenters. The second-order valence-electron chi connectivity index (χ2n) is 6.62. The maximum atomic E-state index is 8.90. The summed E-state index contributed by atoms with van der Waals surface area (Å²) >= 11 is 0. The van der Waals surface area contributed by atoms with Crippen LogP contribution in [0.3, 0.4) is 0 Å². The number of hydrogen-bond acceptors (Lipinski definition) is 3. The summed E-state index contributed by atoms with van der Waals surface area (Å²) in [4.78, 5) is 5.01. The number of hydrogen-bond donors (Lipinski definition) is 1. The van der Waals surface area contributed by atoms with Crippen molar-refractivity contribution >= 4 is 5.71 Å². The molecule has 0 bridgehead atoms. The fraction of sp³-hybridized carbons (Fsp3) is 0.611. The average molecular weight is 285 g/mol. The molecule has 114 valence electrons. The van der Waals surface area contributed by atoms with E-state index in [4.69, 9.17) is 5.41 Å². The summed E-state index contributed by atoms with van der Waals surface area (Å²) in [5, 5.41) is 8.90. The molecule has 1 saturated heterocycles. The zero-order chi connectivity index (χ0) is 14.7. The summed E-state index contributed by atoms with van der Waals surface area (Å²) in [5.74, 6) is 0. The number of nitrogens with one attached hydrogen (secondary N) is 1. The molecule has 0 spiro atoms. The lowest BCUT2D eigenvalue weighted by Crippen LogP contribution is -2.61. The SMILES string of the molecule is CN1CCN(C2(C(=N)c3ccccc3)CCCCC2)CC1. The second kappa shape index (κ2) is 6.29. The van der Waals surface area contributed by atoms with E-state index in [9.17, 15) is 0 Å². The Bertz CT molecular complexity index is 468. The number of benzene rings is 1. The van der Waals surface area contributed by atoms with Crippen molar-refractivity contribution in [3.05, 3.63) is 35.9 Å². The topological polar surface area (TPSA) is 30.3 Å². The van der Waals surface area contributed by atoms with Gasteiger partial charge in [-0.2, -0.15) is 0 Å². The monoisotopic (exact) mass is 285 g/mol. The fourth-order valence-corrected chi connectivity index (χ4v) is 3.97. The van der Waals surface area contributed by atoms with Gasteiger partial charge in [0.05, 0.1) is 11.3 Å². The second-order valence-corrected chi connectivity index (χ2v) is 6.62. The molecule has 21 heavy (non-hydrogen) atoms. The molecule has 1 aromatic rings. The molecule has 1 N–H and O–H groups in total. The maximum Gasteiger partial charge on any atom is 0.0633 e. The highest BCUT2D eigenvalue weighted by Crippen LogP contribution is 2.37. The van der Waals surface area contributed by atoms with Gasteiger partial charge in [-0.05, 0) is 25.5 Å². The van der Waals surface area contributed by atoms with Gasteiger partial charge in [0.2, 0.25) is 0 Å². The van der Waals surface area contributed by atoms with E-state index >= 15 is 0 Å². The van der Waals surface area contributed by atoms with E-state index < -0.39 is 0 Å². The first-order valence-electron chi connectivity index (χ1n) is 8.30. The summed E-state index contributed by atoms with van der Waals surface area (Å²) < 4.78 is 0. The Morgan fingerprint density at radius 2 is 1.57 bits per heavy atom. The largest absolute Gasteiger partial charge is 0.304 e. The van der Waals surface area contributed by atoms with Gasteiger partial charge in [-0.1, -0.05) is 49.6 Å². The molecule has 1 aromatic carbocycles. The van der Waals surface area contributed by atoms with Crippen LogP contribution in [0.1, 0.15) is 37.7 Å². The van der Waals surface area contributed by atoms with Crippen LogP contribution in [0.5, 0.6) is 0 Å². The predicted molar refractivity (Wildman–Crippen MR) is 88.2 cm³/mol. The Labute approximate surface area is 128 Å². The molecule has 1 aliphatic heterocycles. The molecule has 1 aliphatic carbocycles. The molecule has 1 heterocycles. The Hall–Kier alpha value is -1.19. The number of piperazine rings is 1. The third-order valence-corrected chi connectivity index (χ3v) is 5.32. The van der Waals surface area contributed by atoms with Gasteiger partial charge in [-0.15, -0.1) is 0 Å². The lowest BCUT2D eigenvalue weighted by Gasteiger charge is -2.49. The first-order valence-corrected chi connectivity index (χ1v) is 8.30. The van der Waals surface area contributed by atoms with Crippen LogP contribution in [0.15, 0.2) is 30.3 Å². The minimum absolute atomic E-state index is 0.0130. The first kappa shape index (κ1) is 14.7. The van der Waals surface area contributed by atoms with Gasteiger partial charge in [-0.3, -0.25) is 4.90 Å². The van der Waals surface area contributed by atoms with Crippen molar-refractivity contribution in [3.8, 4) is 0 Å². The minimum Gasteiger partial charge on any atom is -0.304 e. The van der Waals surface area contributed by atoms with Gasteiger partial charge in [0.25, 0.3) is 0 Å². The molecule has 2 fully saturated rings. The number of nitrogens with zero attached hydrogens (tertiary/aromatic N) is 2. The van der Waals surface area contributed by atoms with Crippen LogP contribution >= 0.6 is 0 Å². The van der Waals surface area contributed by atoms with Crippen molar-refractivity contribution in [2.45, 2.75) is 37.6 Å². The van der Waals surface area contributed by atoms with Crippen molar-refractivity contribution in [1.82, 2.24) is 9.80 Å². The highest BCUT2D eigenvalue weighted by molar-refractivity contribution is 6.05. The number of rotatable bonds is 3. The molecule has 1 saturated carbocycles. The van der Waals surface area contributed by atoms with Gasteiger partial charge in [-0.25, -0.2) is 0 Å². The summed E-state index contributed by atoms with van der Waals surface area (Å²) in [6.45, 7) is 4.46. The normalized spacial score (nSPS) is 23.9. The van der Waals surface area contributed by atoms with Gasteiger partial charge in [0.1, 0.15) is 0 Å². The maximum absolute atomic E-state index is 8.90. The molecule has 2 aliphatic rings. The molecule has 0 unspecified atom stereocenters. The number of likely N-dealkylation sites (N-methyl/N-ethyl adjacent to an activating group) is 1. The Morgan fingerprint density at radius 1 is 0.952 bits per heavy atom. The summed E-state index contributed by atoms with van der Waals surface area (Å²) in [6, 6.07) is 10.4. The zero-order valence-corrected chi connectivity index (χ0v) is 13.1. The van der Waals surface area contributed by atoms with E-state index in [1.165, 1.54) is 19.3 Å². The van der Waals surface area contributed by atoms with Gasteiger partial charge < -0.3 is 10.3 Å². The van der Waals surface area contributed by atoms with E-state index in [2.05, 4.69) is 41.1 Å². The third-order valence-electron chi connectivity index (χ3n) is 5.32. The van der Waals surface area contributed by atoms with Crippen molar-refractivity contribution < 1.29 is 0 Å². The van der Waals surface area contributed by atoms with Crippen molar-refractivity contribution in [3.63, 3.8) is 0 Å². The first-order chi connectivity index (χ1) is 10.2. The lowest BCUT2D eigenvalue weighted by molar-refractivity contribution is 0.0574. The predicted octanol–water partition coefficient (Wildman–Crippen LogP) is 3.00. The molecule has 3 rings (SSSR count). The summed E-state index contributed by atoms with van der Waals surface area (Å²) in [7, 11) is 2.20. The molecule has 0 radical (unpaired) electrons.